The van der Waals surface area contributed by atoms with Gasteiger partial charge in [0.25, 0.3) is 0 Å². The van der Waals surface area contributed by atoms with E-state index in [0.29, 0.717) is 17.2 Å². The summed E-state index contributed by atoms with van der Waals surface area (Å²) in [7, 11) is 0. The summed E-state index contributed by atoms with van der Waals surface area (Å²) in [6.45, 7) is 2.00. The number of rotatable bonds is 4. The quantitative estimate of drug-likeness (QED) is 0.609. The highest BCUT2D eigenvalue weighted by molar-refractivity contribution is 6.32. The summed E-state index contributed by atoms with van der Waals surface area (Å²) in [5.41, 5.74) is 1.12. The number of ether oxygens (including phenoxy) is 1. The molecular weight excluding hydrogens is 260 g/mol. The Morgan fingerprint density at radius 1 is 1.11 bits per heavy atom. The highest BCUT2D eigenvalue weighted by Crippen LogP contribution is 2.25. The van der Waals surface area contributed by atoms with Crippen LogP contribution in [0.1, 0.15) is 24.8 Å². The van der Waals surface area contributed by atoms with Crippen molar-refractivity contribution in [1.29, 1.82) is 0 Å². The SMILES string of the molecule is CC(CC(=O)Oc1ccccc1Cl)c1ccccc1. The summed E-state index contributed by atoms with van der Waals surface area (Å²) in [5, 5.41) is 0.447. The van der Waals surface area contributed by atoms with Crippen molar-refractivity contribution in [1.82, 2.24) is 0 Å². The second-order valence-electron chi connectivity index (χ2n) is 4.42. The van der Waals surface area contributed by atoms with Crippen LogP contribution in [0.5, 0.6) is 5.75 Å². The van der Waals surface area contributed by atoms with Crippen molar-refractivity contribution >= 4 is 17.6 Å². The molecule has 0 aliphatic rings. The van der Waals surface area contributed by atoms with E-state index in [2.05, 4.69) is 0 Å². The molecule has 1 atom stereocenters. The minimum Gasteiger partial charge on any atom is -0.425 e. The maximum absolute atomic E-state index is 11.9. The number of halogens is 1. The Balaban J connectivity index is 1.97. The van der Waals surface area contributed by atoms with Gasteiger partial charge in [-0.3, -0.25) is 4.79 Å². The maximum Gasteiger partial charge on any atom is 0.311 e. The van der Waals surface area contributed by atoms with Crippen LogP contribution in [0, 0.1) is 0 Å². The Labute approximate surface area is 118 Å². The van der Waals surface area contributed by atoms with Crippen LogP contribution in [0.2, 0.25) is 5.02 Å². The average molecular weight is 275 g/mol. The van der Waals surface area contributed by atoms with Crippen molar-refractivity contribution < 1.29 is 9.53 Å². The molecule has 0 amide bonds. The molecule has 0 aliphatic heterocycles. The van der Waals surface area contributed by atoms with Crippen LogP contribution >= 0.6 is 11.6 Å². The number of carbonyl (C=O) groups excluding carboxylic acids is 1. The second-order valence-corrected chi connectivity index (χ2v) is 4.83. The molecule has 0 N–H and O–H groups in total. The highest BCUT2D eigenvalue weighted by Gasteiger charge is 2.13. The fourth-order valence-electron chi connectivity index (χ4n) is 1.84. The van der Waals surface area contributed by atoms with Crippen molar-refractivity contribution in [2.45, 2.75) is 19.3 Å². The zero-order valence-electron chi connectivity index (χ0n) is 10.7. The predicted molar refractivity (Wildman–Crippen MR) is 76.6 cm³/mol. The Hall–Kier alpha value is -1.80. The summed E-state index contributed by atoms with van der Waals surface area (Å²) in [6.07, 6.45) is 0.329. The number of carbonyl (C=O) groups is 1. The largest absolute Gasteiger partial charge is 0.425 e. The Morgan fingerprint density at radius 2 is 1.74 bits per heavy atom. The van der Waals surface area contributed by atoms with E-state index in [1.54, 1.807) is 24.3 Å². The molecule has 0 saturated carbocycles. The first-order chi connectivity index (χ1) is 9.16. The third-order valence-corrected chi connectivity index (χ3v) is 3.21. The van der Waals surface area contributed by atoms with Gasteiger partial charge in [-0.15, -0.1) is 0 Å². The van der Waals surface area contributed by atoms with Gasteiger partial charge in [0.2, 0.25) is 0 Å². The molecule has 0 saturated heterocycles. The van der Waals surface area contributed by atoms with Gasteiger partial charge in [-0.25, -0.2) is 0 Å². The molecule has 0 radical (unpaired) electrons. The summed E-state index contributed by atoms with van der Waals surface area (Å²) < 4.78 is 5.27. The molecule has 3 heteroatoms. The predicted octanol–water partition coefficient (Wildman–Crippen LogP) is 4.44. The third kappa shape index (κ3) is 3.83. The van der Waals surface area contributed by atoms with Crippen LogP contribution in [0.3, 0.4) is 0 Å². The van der Waals surface area contributed by atoms with E-state index in [4.69, 9.17) is 16.3 Å². The van der Waals surface area contributed by atoms with E-state index in [1.807, 2.05) is 37.3 Å². The lowest BCUT2D eigenvalue weighted by atomic mass is 9.98. The van der Waals surface area contributed by atoms with Crippen molar-refractivity contribution in [3.63, 3.8) is 0 Å². The molecule has 0 spiro atoms. The summed E-state index contributed by atoms with van der Waals surface area (Å²) in [6, 6.07) is 16.9. The van der Waals surface area contributed by atoms with Gasteiger partial charge in [-0.05, 0) is 23.6 Å². The first kappa shape index (κ1) is 13.6. The summed E-state index contributed by atoms with van der Waals surface area (Å²) in [4.78, 5) is 11.9. The monoisotopic (exact) mass is 274 g/mol. The lowest BCUT2D eigenvalue weighted by Crippen LogP contribution is -2.11. The van der Waals surface area contributed by atoms with Gasteiger partial charge in [0.15, 0.2) is 0 Å². The molecule has 2 aromatic rings. The fraction of sp³-hybridized carbons (Fsp3) is 0.188. The van der Waals surface area contributed by atoms with Crippen molar-refractivity contribution in [3.05, 3.63) is 65.2 Å². The van der Waals surface area contributed by atoms with Crippen LogP contribution in [-0.2, 0) is 4.79 Å². The zero-order chi connectivity index (χ0) is 13.7. The van der Waals surface area contributed by atoms with Crippen LogP contribution in [-0.4, -0.2) is 5.97 Å². The van der Waals surface area contributed by atoms with E-state index in [-0.39, 0.29) is 11.9 Å². The van der Waals surface area contributed by atoms with E-state index in [1.165, 1.54) is 0 Å². The number of hydrogen-bond acceptors (Lipinski definition) is 2. The van der Waals surface area contributed by atoms with Gasteiger partial charge < -0.3 is 4.74 Å². The van der Waals surface area contributed by atoms with Gasteiger partial charge in [0.1, 0.15) is 5.75 Å². The molecule has 0 heterocycles. The highest BCUT2D eigenvalue weighted by atomic mass is 35.5. The van der Waals surface area contributed by atoms with Gasteiger partial charge >= 0.3 is 5.97 Å². The lowest BCUT2D eigenvalue weighted by Gasteiger charge is -2.11. The first-order valence-electron chi connectivity index (χ1n) is 6.17. The standard InChI is InChI=1S/C16H15ClO2/c1-12(13-7-3-2-4-8-13)11-16(18)19-15-10-6-5-9-14(15)17/h2-10,12H,11H2,1H3. The van der Waals surface area contributed by atoms with E-state index >= 15 is 0 Å². The van der Waals surface area contributed by atoms with Crippen molar-refractivity contribution in [3.8, 4) is 5.75 Å². The molecule has 1 unspecified atom stereocenters. The normalized spacial score (nSPS) is 11.9. The molecule has 2 rings (SSSR count). The number of hydrogen-bond donors (Lipinski definition) is 0. The van der Waals surface area contributed by atoms with Crippen LogP contribution < -0.4 is 4.74 Å². The summed E-state index contributed by atoms with van der Waals surface area (Å²) >= 11 is 5.94. The molecule has 0 aliphatic carbocycles. The van der Waals surface area contributed by atoms with Crippen LogP contribution in [0.15, 0.2) is 54.6 Å². The number of esters is 1. The third-order valence-electron chi connectivity index (χ3n) is 2.90. The summed E-state index contributed by atoms with van der Waals surface area (Å²) in [5.74, 6) is 0.259. The molecule has 0 aromatic heterocycles. The van der Waals surface area contributed by atoms with E-state index in [9.17, 15) is 4.79 Å². The van der Waals surface area contributed by atoms with Crippen LogP contribution in [0.4, 0.5) is 0 Å². The second kappa shape index (κ2) is 6.39. The number of para-hydroxylation sites is 1. The van der Waals surface area contributed by atoms with Gasteiger partial charge in [-0.1, -0.05) is 61.0 Å². The minimum absolute atomic E-state index is 0.121. The number of benzene rings is 2. The lowest BCUT2D eigenvalue weighted by molar-refractivity contribution is -0.134. The molecular formula is C16H15ClO2. The van der Waals surface area contributed by atoms with Gasteiger partial charge in [0.05, 0.1) is 11.4 Å². The Kier molecular flexibility index (Phi) is 4.58. The van der Waals surface area contributed by atoms with Gasteiger partial charge in [0, 0.05) is 0 Å². The maximum atomic E-state index is 11.9. The van der Waals surface area contributed by atoms with Gasteiger partial charge in [-0.2, -0.15) is 0 Å². The Bertz CT molecular complexity index is 552. The minimum atomic E-state index is -0.274. The molecule has 0 bridgehead atoms. The van der Waals surface area contributed by atoms with Crippen molar-refractivity contribution in [2.75, 3.05) is 0 Å². The molecule has 19 heavy (non-hydrogen) atoms. The fourth-order valence-corrected chi connectivity index (χ4v) is 2.02. The topological polar surface area (TPSA) is 26.3 Å². The van der Waals surface area contributed by atoms with E-state index < -0.39 is 0 Å². The first-order valence-corrected chi connectivity index (χ1v) is 6.55. The van der Waals surface area contributed by atoms with Crippen LogP contribution in [0.25, 0.3) is 0 Å². The molecule has 2 aromatic carbocycles. The van der Waals surface area contributed by atoms with E-state index in [0.717, 1.165) is 5.56 Å². The molecule has 0 fully saturated rings. The zero-order valence-corrected chi connectivity index (χ0v) is 11.4. The Morgan fingerprint density at radius 3 is 2.42 bits per heavy atom. The van der Waals surface area contributed by atoms with Crippen molar-refractivity contribution in [2.24, 2.45) is 0 Å². The smallest absolute Gasteiger partial charge is 0.311 e. The molecule has 98 valence electrons. The molecule has 2 nitrogen and oxygen atoms in total. The average Bonchev–Trinajstić information content (AvgIpc) is 2.42.